The molecule has 1 rings (SSSR count). The van der Waals surface area contributed by atoms with Gasteiger partial charge in [0.15, 0.2) is 5.96 Å². The lowest BCUT2D eigenvalue weighted by atomic mass is 10.3. The number of guanidine groups is 1. The van der Waals surface area contributed by atoms with Crippen molar-refractivity contribution in [2.75, 3.05) is 0 Å². The zero-order valence-corrected chi connectivity index (χ0v) is 12.3. The van der Waals surface area contributed by atoms with Crippen molar-refractivity contribution in [1.82, 2.24) is 10.3 Å². The van der Waals surface area contributed by atoms with Crippen LogP contribution in [0.4, 0.5) is 0 Å². The molecule has 0 spiro atoms. The molecule has 0 bridgehead atoms. The smallest absolute Gasteiger partial charge is 0.189 e. The lowest BCUT2D eigenvalue weighted by molar-refractivity contribution is 0.723. The van der Waals surface area contributed by atoms with E-state index in [4.69, 9.17) is 5.73 Å². The SMILES string of the molecule is CC(C)NC(N)=NCc1c(Br)cncc1Br. The molecule has 0 fully saturated rings. The van der Waals surface area contributed by atoms with Gasteiger partial charge >= 0.3 is 0 Å². The van der Waals surface area contributed by atoms with Gasteiger partial charge < -0.3 is 11.1 Å². The van der Waals surface area contributed by atoms with Crippen molar-refractivity contribution in [1.29, 1.82) is 0 Å². The minimum Gasteiger partial charge on any atom is -0.370 e. The predicted octanol–water partition coefficient (Wildman–Crippen LogP) is 2.42. The second-order valence-corrected chi connectivity index (χ2v) is 5.29. The maximum absolute atomic E-state index is 5.72. The molecule has 0 aliphatic carbocycles. The minimum absolute atomic E-state index is 0.285. The van der Waals surface area contributed by atoms with E-state index in [1.165, 1.54) is 0 Å². The zero-order chi connectivity index (χ0) is 12.1. The van der Waals surface area contributed by atoms with E-state index in [9.17, 15) is 0 Å². The first-order chi connectivity index (χ1) is 7.50. The van der Waals surface area contributed by atoms with Crippen LogP contribution in [-0.4, -0.2) is 17.0 Å². The molecule has 16 heavy (non-hydrogen) atoms. The van der Waals surface area contributed by atoms with Crippen molar-refractivity contribution in [2.45, 2.75) is 26.4 Å². The van der Waals surface area contributed by atoms with Gasteiger partial charge in [-0.1, -0.05) is 0 Å². The van der Waals surface area contributed by atoms with E-state index in [1.54, 1.807) is 12.4 Å². The second kappa shape index (κ2) is 6.20. The van der Waals surface area contributed by atoms with Crippen LogP contribution in [0.15, 0.2) is 26.3 Å². The van der Waals surface area contributed by atoms with Crippen molar-refractivity contribution in [3.63, 3.8) is 0 Å². The molecule has 1 heterocycles. The summed E-state index contributed by atoms with van der Waals surface area (Å²) in [5.41, 5.74) is 6.75. The molecule has 0 aliphatic heterocycles. The monoisotopic (exact) mass is 348 g/mol. The van der Waals surface area contributed by atoms with E-state index in [1.807, 2.05) is 13.8 Å². The highest BCUT2D eigenvalue weighted by Crippen LogP contribution is 2.24. The molecule has 0 unspecified atom stereocenters. The first-order valence-electron chi connectivity index (χ1n) is 4.85. The molecule has 3 N–H and O–H groups in total. The summed E-state index contributed by atoms with van der Waals surface area (Å²) in [6, 6.07) is 0.285. The molecule has 0 saturated carbocycles. The van der Waals surface area contributed by atoms with Crippen LogP contribution in [-0.2, 0) is 6.54 Å². The van der Waals surface area contributed by atoms with Gasteiger partial charge in [-0.05, 0) is 45.7 Å². The zero-order valence-electron chi connectivity index (χ0n) is 9.17. The van der Waals surface area contributed by atoms with Crippen molar-refractivity contribution in [2.24, 2.45) is 10.7 Å². The number of hydrogen-bond donors (Lipinski definition) is 2. The highest BCUT2D eigenvalue weighted by Gasteiger charge is 2.04. The fourth-order valence-corrected chi connectivity index (χ4v) is 2.28. The molecule has 1 aromatic heterocycles. The van der Waals surface area contributed by atoms with Crippen LogP contribution in [0.1, 0.15) is 19.4 Å². The molecule has 0 radical (unpaired) electrons. The van der Waals surface area contributed by atoms with Crippen LogP contribution < -0.4 is 11.1 Å². The lowest BCUT2D eigenvalue weighted by Gasteiger charge is -2.09. The Kier molecular flexibility index (Phi) is 5.21. The number of nitrogens with zero attached hydrogens (tertiary/aromatic N) is 2. The maximum atomic E-state index is 5.72. The van der Waals surface area contributed by atoms with Gasteiger partial charge in [-0.2, -0.15) is 0 Å². The summed E-state index contributed by atoms with van der Waals surface area (Å²) in [5.74, 6) is 0.450. The van der Waals surface area contributed by atoms with Gasteiger partial charge in [0, 0.05) is 32.9 Å². The number of pyridine rings is 1. The maximum Gasteiger partial charge on any atom is 0.189 e. The van der Waals surface area contributed by atoms with Crippen molar-refractivity contribution in [3.8, 4) is 0 Å². The molecular formula is C10H14Br2N4. The summed E-state index contributed by atoms with van der Waals surface area (Å²) in [5, 5.41) is 3.03. The Labute approximate surface area is 112 Å². The van der Waals surface area contributed by atoms with Gasteiger partial charge in [0.1, 0.15) is 0 Å². The topological polar surface area (TPSA) is 63.3 Å². The number of rotatable bonds is 3. The molecular weight excluding hydrogens is 336 g/mol. The Morgan fingerprint density at radius 2 is 2.00 bits per heavy atom. The Morgan fingerprint density at radius 3 is 2.50 bits per heavy atom. The van der Waals surface area contributed by atoms with Crippen LogP contribution in [0.3, 0.4) is 0 Å². The average Bonchev–Trinajstić information content (AvgIpc) is 2.15. The number of nitrogens with two attached hydrogens (primary N) is 1. The third-order valence-corrected chi connectivity index (χ3v) is 3.16. The van der Waals surface area contributed by atoms with Crippen LogP contribution in [0.2, 0.25) is 0 Å². The highest BCUT2D eigenvalue weighted by molar-refractivity contribution is 9.11. The van der Waals surface area contributed by atoms with Crippen LogP contribution in [0.5, 0.6) is 0 Å². The third kappa shape index (κ3) is 4.09. The highest BCUT2D eigenvalue weighted by atomic mass is 79.9. The summed E-state index contributed by atoms with van der Waals surface area (Å²) < 4.78 is 1.84. The number of hydrogen-bond acceptors (Lipinski definition) is 2. The van der Waals surface area contributed by atoms with Crippen molar-refractivity contribution < 1.29 is 0 Å². The average molecular weight is 350 g/mol. The van der Waals surface area contributed by atoms with Crippen molar-refractivity contribution >= 4 is 37.8 Å². The Hall–Kier alpha value is -0.620. The number of aliphatic imine (C=N–C) groups is 1. The largest absolute Gasteiger partial charge is 0.370 e. The van der Waals surface area contributed by atoms with E-state index in [0.717, 1.165) is 14.5 Å². The fraction of sp³-hybridized carbons (Fsp3) is 0.400. The van der Waals surface area contributed by atoms with Crippen molar-refractivity contribution in [3.05, 3.63) is 26.9 Å². The molecule has 6 heteroatoms. The van der Waals surface area contributed by atoms with E-state index in [0.29, 0.717) is 12.5 Å². The summed E-state index contributed by atoms with van der Waals surface area (Å²) in [6.07, 6.45) is 3.48. The van der Waals surface area contributed by atoms with Gasteiger partial charge in [-0.15, -0.1) is 0 Å². The number of aromatic nitrogens is 1. The molecule has 1 aromatic rings. The summed E-state index contributed by atoms with van der Waals surface area (Å²) in [6.45, 7) is 4.54. The summed E-state index contributed by atoms with van der Waals surface area (Å²) >= 11 is 6.85. The Balaban J connectivity index is 2.74. The second-order valence-electron chi connectivity index (χ2n) is 3.58. The quantitative estimate of drug-likeness (QED) is 0.650. The molecule has 0 aromatic carbocycles. The first kappa shape index (κ1) is 13.4. The predicted molar refractivity (Wildman–Crippen MR) is 73.2 cm³/mol. The minimum atomic E-state index is 0.285. The molecule has 0 amide bonds. The lowest BCUT2D eigenvalue weighted by Crippen LogP contribution is -2.36. The van der Waals surface area contributed by atoms with Gasteiger partial charge in [0.25, 0.3) is 0 Å². The van der Waals surface area contributed by atoms with E-state index >= 15 is 0 Å². The summed E-state index contributed by atoms with van der Waals surface area (Å²) in [7, 11) is 0. The van der Waals surface area contributed by atoms with Crippen LogP contribution >= 0.6 is 31.9 Å². The molecule has 88 valence electrons. The van der Waals surface area contributed by atoms with Gasteiger partial charge in [-0.25, -0.2) is 4.99 Å². The van der Waals surface area contributed by atoms with E-state index in [-0.39, 0.29) is 6.04 Å². The number of halogens is 2. The first-order valence-corrected chi connectivity index (χ1v) is 6.43. The fourth-order valence-electron chi connectivity index (χ4n) is 1.09. The number of nitrogens with one attached hydrogen (secondary N) is 1. The van der Waals surface area contributed by atoms with Gasteiger partial charge in [0.05, 0.1) is 6.54 Å². The third-order valence-electron chi connectivity index (χ3n) is 1.80. The summed E-state index contributed by atoms with van der Waals surface area (Å²) in [4.78, 5) is 8.28. The molecule has 0 aliphatic rings. The van der Waals surface area contributed by atoms with Gasteiger partial charge in [0.2, 0.25) is 0 Å². The van der Waals surface area contributed by atoms with Crippen LogP contribution in [0.25, 0.3) is 0 Å². The van der Waals surface area contributed by atoms with Crippen LogP contribution in [0, 0.1) is 0 Å². The molecule has 0 atom stereocenters. The Bertz CT molecular complexity index is 370. The standard InChI is InChI=1S/C10H14Br2N4/c1-6(2)16-10(13)15-3-7-8(11)4-14-5-9(7)12/h4-6H,3H2,1-2H3,(H3,13,15,16). The normalized spacial score (nSPS) is 11.9. The molecule has 0 saturated heterocycles. The van der Waals surface area contributed by atoms with E-state index in [2.05, 4.69) is 47.2 Å². The van der Waals surface area contributed by atoms with Gasteiger partial charge in [-0.3, -0.25) is 4.98 Å². The Morgan fingerprint density at radius 1 is 1.44 bits per heavy atom. The molecule has 4 nitrogen and oxygen atoms in total. The van der Waals surface area contributed by atoms with E-state index < -0.39 is 0 Å².